The third-order valence-electron chi connectivity index (χ3n) is 2.89. The van der Waals surface area contributed by atoms with Gasteiger partial charge in [0.1, 0.15) is 0 Å². The quantitative estimate of drug-likeness (QED) is 0.753. The van der Waals surface area contributed by atoms with Gasteiger partial charge in [0.05, 0.1) is 8.07 Å². The summed E-state index contributed by atoms with van der Waals surface area (Å²) in [6.07, 6.45) is 1.25. The molecule has 0 saturated carbocycles. The van der Waals surface area contributed by atoms with Gasteiger partial charge in [0, 0.05) is 5.67 Å². The highest BCUT2D eigenvalue weighted by Gasteiger charge is 2.28. The van der Waals surface area contributed by atoms with Gasteiger partial charge in [0.15, 0.2) is 0 Å². The Hall–Kier alpha value is -0.603. The Labute approximate surface area is 88.3 Å². The van der Waals surface area contributed by atoms with Crippen molar-refractivity contribution in [3.05, 3.63) is 35.9 Å². The average Bonchev–Trinajstić information content (AvgIpc) is 2.18. The van der Waals surface area contributed by atoms with Crippen molar-refractivity contribution in [1.82, 2.24) is 0 Å². The van der Waals surface area contributed by atoms with Crippen LogP contribution in [0.1, 0.15) is 24.6 Å². The summed E-state index contributed by atoms with van der Waals surface area (Å²) in [5.41, 5.74) is 7.91. The Morgan fingerprint density at radius 1 is 1.21 bits per heavy atom. The van der Waals surface area contributed by atoms with Gasteiger partial charge in [-0.2, -0.15) is 0 Å². The maximum absolute atomic E-state index is 6.32. The molecule has 1 unspecified atom stereocenters. The normalized spacial score (nSPS) is 14.0. The summed E-state index contributed by atoms with van der Waals surface area (Å²) in [6, 6.07) is 11.8. The van der Waals surface area contributed by atoms with E-state index in [9.17, 15) is 0 Å². The molecule has 2 N–H and O–H groups in total. The lowest BCUT2D eigenvalue weighted by molar-refractivity contribution is 0.912. The van der Waals surface area contributed by atoms with E-state index in [1.54, 1.807) is 0 Å². The molecule has 0 fully saturated rings. The number of rotatable bonds is 4. The zero-order valence-corrected chi connectivity index (χ0v) is 10.5. The molecule has 14 heavy (non-hydrogen) atoms. The van der Waals surface area contributed by atoms with E-state index in [2.05, 4.69) is 44.3 Å². The minimum absolute atomic E-state index is 0.281. The van der Waals surface area contributed by atoms with Crippen molar-refractivity contribution in [2.45, 2.75) is 38.1 Å². The first-order valence-corrected chi connectivity index (χ1v) is 8.67. The monoisotopic (exact) mass is 207 g/mol. The molecule has 78 valence electrons. The van der Waals surface area contributed by atoms with Crippen molar-refractivity contribution in [3.63, 3.8) is 0 Å². The second-order valence-electron chi connectivity index (χ2n) is 4.63. The Morgan fingerprint density at radius 3 is 2.29 bits per heavy atom. The van der Waals surface area contributed by atoms with Crippen molar-refractivity contribution in [3.8, 4) is 0 Å². The third-order valence-corrected chi connectivity index (χ3v) is 6.70. The molecule has 1 aromatic rings. The lowest BCUT2D eigenvalue weighted by atomic mass is 10.2. The molecule has 0 radical (unpaired) electrons. The number of benzene rings is 1. The Kier molecular flexibility index (Phi) is 3.90. The minimum Gasteiger partial charge on any atom is -0.326 e. The summed E-state index contributed by atoms with van der Waals surface area (Å²) < 4.78 is 0. The Morgan fingerprint density at radius 2 is 1.79 bits per heavy atom. The molecule has 0 aliphatic rings. The molecule has 0 bridgehead atoms. The van der Waals surface area contributed by atoms with Gasteiger partial charge in [-0.1, -0.05) is 62.8 Å². The van der Waals surface area contributed by atoms with Crippen LogP contribution in [-0.4, -0.2) is 8.07 Å². The highest BCUT2D eigenvalue weighted by molar-refractivity contribution is 6.78. The van der Waals surface area contributed by atoms with Crippen LogP contribution in [0.25, 0.3) is 0 Å². The first kappa shape index (κ1) is 11.5. The van der Waals surface area contributed by atoms with Gasteiger partial charge < -0.3 is 5.73 Å². The standard InChI is InChI=1S/C12H21NSi/c1-4-10-14(2,3)12(13)11-8-6-5-7-9-11/h5-9,12H,4,10,13H2,1-3H3. The summed E-state index contributed by atoms with van der Waals surface area (Å²) in [4.78, 5) is 0. The fourth-order valence-corrected chi connectivity index (χ4v) is 4.61. The van der Waals surface area contributed by atoms with E-state index >= 15 is 0 Å². The fraction of sp³-hybridized carbons (Fsp3) is 0.500. The van der Waals surface area contributed by atoms with Gasteiger partial charge in [0.25, 0.3) is 0 Å². The molecule has 1 rings (SSSR count). The molecule has 2 heteroatoms. The fourth-order valence-electron chi connectivity index (χ4n) is 1.91. The number of nitrogens with two attached hydrogens (primary N) is 1. The summed E-state index contributed by atoms with van der Waals surface area (Å²) in [5, 5.41) is 0. The maximum Gasteiger partial charge on any atom is 0.0719 e. The first-order valence-electron chi connectivity index (χ1n) is 5.38. The zero-order valence-electron chi connectivity index (χ0n) is 9.46. The van der Waals surface area contributed by atoms with E-state index in [1.165, 1.54) is 18.0 Å². The lowest BCUT2D eigenvalue weighted by Crippen LogP contribution is -2.40. The van der Waals surface area contributed by atoms with Crippen LogP contribution in [0, 0.1) is 0 Å². The van der Waals surface area contributed by atoms with Crippen LogP contribution in [0.15, 0.2) is 30.3 Å². The summed E-state index contributed by atoms with van der Waals surface area (Å²) in [7, 11) is -1.27. The second-order valence-corrected chi connectivity index (χ2v) is 9.73. The molecular formula is C12H21NSi. The molecule has 0 saturated heterocycles. The van der Waals surface area contributed by atoms with Gasteiger partial charge >= 0.3 is 0 Å². The first-order chi connectivity index (χ1) is 6.58. The van der Waals surface area contributed by atoms with E-state index in [0.29, 0.717) is 0 Å². The predicted molar refractivity (Wildman–Crippen MR) is 66.0 cm³/mol. The van der Waals surface area contributed by atoms with Crippen molar-refractivity contribution < 1.29 is 0 Å². The maximum atomic E-state index is 6.32. The van der Waals surface area contributed by atoms with Crippen molar-refractivity contribution in [1.29, 1.82) is 0 Å². The number of hydrogen-bond acceptors (Lipinski definition) is 1. The van der Waals surface area contributed by atoms with E-state index in [-0.39, 0.29) is 5.67 Å². The van der Waals surface area contributed by atoms with Crippen LogP contribution in [0.2, 0.25) is 19.1 Å². The summed E-state index contributed by atoms with van der Waals surface area (Å²) in [5.74, 6) is 0. The van der Waals surface area contributed by atoms with E-state index in [0.717, 1.165) is 0 Å². The Balaban J connectivity index is 2.79. The van der Waals surface area contributed by atoms with Crippen LogP contribution in [0.4, 0.5) is 0 Å². The predicted octanol–water partition coefficient (Wildman–Crippen LogP) is 3.34. The molecule has 0 amide bonds. The van der Waals surface area contributed by atoms with Crippen molar-refractivity contribution >= 4 is 8.07 Å². The highest BCUT2D eigenvalue weighted by Crippen LogP contribution is 2.26. The number of hydrogen-bond donors (Lipinski definition) is 1. The molecule has 0 aliphatic heterocycles. The average molecular weight is 207 g/mol. The van der Waals surface area contributed by atoms with Crippen LogP contribution in [0.3, 0.4) is 0 Å². The molecular weight excluding hydrogens is 186 g/mol. The molecule has 1 atom stereocenters. The minimum atomic E-state index is -1.27. The largest absolute Gasteiger partial charge is 0.326 e. The molecule has 0 heterocycles. The molecule has 1 nitrogen and oxygen atoms in total. The van der Waals surface area contributed by atoms with E-state index in [1.807, 2.05) is 6.07 Å². The summed E-state index contributed by atoms with van der Waals surface area (Å²) >= 11 is 0. The van der Waals surface area contributed by atoms with Crippen molar-refractivity contribution in [2.75, 3.05) is 0 Å². The SMILES string of the molecule is CCC[Si](C)(C)C(N)c1ccccc1. The van der Waals surface area contributed by atoms with Gasteiger partial charge in [-0.3, -0.25) is 0 Å². The van der Waals surface area contributed by atoms with Gasteiger partial charge in [0.2, 0.25) is 0 Å². The van der Waals surface area contributed by atoms with Gasteiger partial charge in [-0.05, 0) is 5.56 Å². The lowest BCUT2D eigenvalue weighted by Gasteiger charge is -2.29. The van der Waals surface area contributed by atoms with Crippen molar-refractivity contribution in [2.24, 2.45) is 5.73 Å². The molecule has 0 aliphatic carbocycles. The Bertz CT molecular complexity index is 269. The smallest absolute Gasteiger partial charge is 0.0719 e. The molecule has 0 spiro atoms. The van der Waals surface area contributed by atoms with E-state index in [4.69, 9.17) is 5.73 Å². The van der Waals surface area contributed by atoms with Crippen LogP contribution in [0.5, 0.6) is 0 Å². The van der Waals surface area contributed by atoms with Crippen LogP contribution in [-0.2, 0) is 0 Å². The molecule has 1 aromatic carbocycles. The van der Waals surface area contributed by atoms with E-state index < -0.39 is 8.07 Å². The van der Waals surface area contributed by atoms with Crippen LogP contribution < -0.4 is 5.73 Å². The van der Waals surface area contributed by atoms with Gasteiger partial charge in [-0.15, -0.1) is 0 Å². The third kappa shape index (κ3) is 2.69. The topological polar surface area (TPSA) is 26.0 Å². The zero-order chi connectivity index (χ0) is 10.6. The second kappa shape index (κ2) is 4.76. The molecule has 0 aromatic heterocycles. The van der Waals surface area contributed by atoms with Gasteiger partial charge in [-0.25, -0.2) is 0 Å². The van der Waals surface area contributed by atoms with Crippen LogP contribution >= 0.6 is 0 Å². The highest BCUT2D eigenvalue weighted by atomic mass is 28.3. The summed E-state index contributed by atoms with van der Waals surface area (Å²) in [6.45, 7) is 7.01.